The molecule has 2 heterocycles. The summed E-state index contributed by atoms with van der Waals surface area (Å²) >= 11 is 6.00. The molecular formula is C25H27ClN4O6. The lowest BCUT2D eigenvalue weighted by atomic mass is 9.86. The van der Waals surface area contributed by atoms with Crippen LogP contribution in [0.15, 0.2) is 57.0 Å². The van der Waals surface area contributed by atoms with Gasteiger partial charge in [0.2, 0.25) is 5.62 Å². The zero-order valence-electron chi connectivity index (χ0n) is 20.2. The summed E-state index contributed by atoms with van der Waals surface area (Å²) in [4.78, 5) is 45.5. The molecule has 4 rings (SSSR count). The number of carbonyl (C=O) groups is 1. The van der Waals surface area contributed by atoms with E-state index in [2.05, 4.69) is 9.98 Å². The summed E-state index contributed by atoms with van der Waals surface area (Å²) in [5.74, 6) is -0.416. The van der Waals surface area contributed by atoms with Crippen molar-refractivity contribution in [3.05, 3.63) is 85.2 Å². The SMILES string of the molecule is Cc1cc(/N=c2\[nH]c(=O)n(CC3(C(=O)O)COC3)c(=O)n2Cc2ccc(Cl)cc2)ccc1OC(C)C. The van der Waals surface area contributed by atoms with Crippen LogP contribution < -0.4 is 21.7 Å². The van der Waals surface area contributed by atoms with E-state index < -0.39 is 22.8 Å². The molecule has 1 fully saturated rings. The number of aromatic amines is 1. The smallest absolute Gasteiger partial charge is 0.335 e. The molecular weight excluding hydrogens is 488 g/mol. The number of aromatic nitrogens is 3. The highest BCUT2D eigenvalue weighted by Gasteiger charge is 2.47. The second-order valence-electron chi connectivity index (χ2n) is 9.14. The van der Waals surface area contributed by atoms with E-state index >= 15 is 0 Å². The molecule has 10 nitrogen and oxygen atoms in total. The van der Waals surface area contributed by atoms with Crippen LogP contribution in [0.4, 0.5) is 5.69 Å². The number of hydrogen-bond acceptors (Lipinski definition) is 6. The third kappa shape index (κ3) is 5.29. The number of hydrogen-bond donors (Lipinski definition) is 2. The molecule has 36 heavy (non-hydrogen) atoms. The number of rotatable bonds is 8. The van der Waals surface area contributed by atoms with Crippen molar-refractivity contribution in [2.75, 3.05) is 13.2 Å². The first-order chi connectivity index (χ1) is 17.1. The molecule has 0 saturated carbocycles. The summed E-state index contributed by atoms with van der Waals surface area (Å²) in [6.45, 7) is 5.34. The number of carboxylic acids is 1. The standard InChI is InChI=1S/C25H27ClN4O6/c1-15(2)36-20-9-8-19(10-16(20)3)27-22-28-23(33)30(12-25(21(31)32)13-35-14-25)24(34)29(22)11-17-4-6-18(26)7-5-17/h4-10,15H,11-14H2,1-3H3,(H,31,32)(H,27,28,33). The van der Waals surface area contributed by atoms with Crippen molar-refractivity contribution in [3.8, 4) is 5.75 Å². The molecule has 11 heteroatoms. The Hall–Kier alpha value is -3.63. The van der Waals surface area contributed by atoms with Gasteiger partial charge in [-0.05, 0) is 62.2 Å². The van der Waals surface area contributed by atoms with Crippen LogP contribution in [-0.2, 0) is 22.6 Å². The highest BCUT2D eigenvalue weighted by Crippen LogP contribution is 2.29. The van der Waals surface area contributed by atoms with Crippen molar-refractivity contribution in [2.45, 2.75) is 40.0 Å². The Morgan fingerprint density at radius 1 is 1.19 bits per heavy atom. The highest BCUT2D eigenvalue weighted by atomic mass is 35.5. The molecule has 0 radical (unpaired) electrons. The molecule has 0 atom stereocenters. The van der Waals surface area contributed by atoms with Gasteiger partial charge in [-0.25, -0.2) is 19.1 Å². The fourth-order valence-electron chi connectivity index (χ4n) is 3.84. The van der Waals surface area contributed by atoms with Crippen LogP contribution in [0.1, 0.15) is 25.0 Å². The van der Waals surface area contributed by atoms with Crippen LogP contribution in [0.5, 0.6) is 5.75 Å². The molecule has 2 aromatic carbocycles. The number of ether oxygens (including phenoxy) is 2. The highest BCUT2D eigenvalue weighted by molar-refractivity contribution is 6.30. The van der Waals surface area contributed by atoms with Gasteiger partial charge < -0.3 is 14.6 Å². The molecule has 0 bridgehead atoms. The van der Waals surface area contributed by atoms with Gasteiger partial charge in [-0.15, -0.1) is 0 Å². The Balaban J connectivity index is 1.84. The summed E-state index contributed by atoms with van der Waals surface area (Å²) in [5.41, 5.74) is -0.645. The molecule has 1 aliphatic heterocycles. The number of nitrogens with one attached hydrogen (secondary N) is 1. The van der Waals surface area contributed by atoms with Crippen molar-refractivity contribution in [1.29, 1.82) is 0 Å². The molecule has 190 valence electrons. The van der Waals surface area contributed by atoms with Crippen molar-refractivity contribution >= 4 is 23.3 Å². The molecule has 0 unspecified atom stereocenters. The molecule has 0 amide bonds. The van der Waals surface area contributed by atoms with E-state index in [9.17, 15) is 19.5 Å². The van der Waals surface area contributed by atoms with Gasteiger partial charge in [0.25, 0.3) is 0 Å². The first kappa shape index (κ1) is 25.5. The Labute approximate surface area is 211 Å². The van der Waals surface area contributed by atoms with E-state index in [-0.39, 0.29) is 38.0 Å². The molecule has 2 N–H and O–H groups in total. The number of nitrogens with zero attached hydrogens (tertiary/aromatic N) is 3. The number of aliphatic carboxylic acids is 1. The Morgan fingerprint density at radius 2 is 1.89 bits per heavy atom. The van der Waals surface area contributed by atoms with E-state index in [0.29, 0.717) is 16.5 Å². The summed E-state index contributed by atoms with van der Waals surface area (Å²) < 4.78 is 13.0. The monoisotopic (exact) mass is 514 g/mol. The zero-order chi connectivity index (χ0) is 26.0. The fraction of sp³-hybridized carbons (Fsp3) is 0.360. The molecule has 1 saturated heterocycles. The van der Waals surface area contributed by atoms with Gasteiger partial charge in [-0.3, -0.25) is 14.3 Å². The van der Waals surface area contributed by atoms with Crippen LogP contribution in [0.2, 0.25) is 5.02 Å². The van der Waals surface area contributed by atoms with E-state index in [0.717, 1.165) is 15.7 Å². The van der Waals surface area contributed by atoms with E-state index in [1.165, 1.54) is 4.57 Å². The van der Waals surface area contributed by atoms with Gasteiger partial charge in [0, 0.05) is 5.02 Å². The number of halogens is 1. The molecule has 1 aromatic heterocycles. The minimum absolute atomic E-state index is 0.00660. The van der Waals surface area contributed by atoms with E-state index in [1.54, 1.807) is 42.5 Å². The third-order valence-electron chi connectivity index (χ3n) is 5.86. The Morgan fingerprint density at radius 3 is 2.44 bits per heavy atom. The maximum atomic E-state index is 13.5. The van der Waals surface area contributed by atoms with E-state index in [4.69, 9.17) is 21.1 Å². The van der Waals surface area contributed by atoms with Crippen LogP contribution >= 0.6 is 11.6 Å². The first-order valence-corrected chi connectivity index (χ1v) is 11.8. The topological polar surface area (TPSA) is 128 Å². The fourth-order valence-corrected chi connectivity index (χ4v) is 3.97. The second-order valence-corrected chi connectivity index (χ2v) is 9.58. The number of aryl methyl sites for hydroxylation is 1. The van der Waals surface area contributed by atoms with Crippen LogP contribution in [0, 0.1) is 12.3 Å². The van der Waals surface area contributed by atoms with Gasteiger partial charge in [-0.2, -0.15) is 0 Å². The first-order valence-electron chi connectivity index (χ1n) is 11.4. The second kappa shape index (κ2) is 10.2. The average Bonchev–Trinajstić information content (AvgIpc) is 2.78. The number of H-pyrrole nitrogens is 1. The summed E-state index contributed by atoms with van der Waals surface area (Å²) in [5, 5.41) is 10.2. The third-order valence-corrected chi connectivity index (χ3v) is 6.11. The van der Waals surface area contributed by atoms with Gasteiger partial charge in [-0.1, -0.05) is 23.7 Å². The van der Waals surface area contributed by atoms with Crippen LogP contribution in [0.3, 0.4) is 0 Å². The maximum Gasteiger partial charge on any atom is 0.335 e. The lowest BCUT2D eigenvalue weighted by molar-refractivity contribution is -0.182. The predicted molar refractivity (Wildman–Crippen MR) is 133 cm³/mol. The van der Waals surface area contributed by atoms with Crippen LogP contribution in [0.25, 0.3) is 0 Å². The number of carboxylic acid groups (broad SMARTS) is 1. The molecule has 0 aliphatic carbocycles. The van der Waals surface area contributed by atoms with Crippen molar-refractivity contribution in [1.82, 2.24) is 14.1 Å². The quantitative estimate of drug-likeness (QED) is 0.475. The van der Waals surface area contributed by atoms with Crippen LogP contribution in [-0.4, -0.2) is 44.5 Å². The Kier molecular flexibility index (Phi) is 7.18. The van der Waals surface area contributed by atoms with Gasteiger partial charge in [0.15, 0.2) is 0 Å². The normalized spacial score (nSPS) is 15.1. The van der Waals surface area contributed by atoms with E-state index in [1.807, 2.05) is 20.8 Å². The predicted octanol–water partition coefficient (Wildman–Crippen LogP) is 2.47. The largest absolute Gasteiger partial charge is 0.491 e. The minimum Gasteiger partial charge on any atom is -0.491 e. The van der Waals surface area contributed by atoms with Crippen molar-refractivity contribution < 1.29 is 19.4 Å². The van der Waals surface area contributed by atoms with Gasteiger partial charge in [0.1, 0.15) is 11.2 Å². The lowest BCUT2D eigenvalue weighted by Crippen LogP contribution is -2.58. The summed E-state index contributed by atoms with van der Waals surface area (Å²) in [6.07, 6.45) is 0.00660. The maximum absolute atomic E-state index is 13.5. The average molecular weight is 515 g/mol. The molecule has 3 aromatic rings. The van der Waals surface area contributed by atoms with Crippen molar-refractivity contribution in [3.63, 3.8) is 0 Å². The summed E-state index contributed by atoms with van der Waals surface area (Å²) in [6, 6.07) is 12.2. The zero-order valence-corrected chi connectivity index (χ0v) is 20.9. The Bertz CT molecular complexity index is 1470. The minimum atomic E-state index is -1.34. The lowest BCUT2D eigenvalue weighted by Gasteiger charge is -2.37. The van der Waals surface area contributed by atoms with Crippen molar-refractivity contribution in [2.24, 2.45) is 10.4 Å². The summed E-state index contributed by atoms with van der Waals surface area (Å²) in [7, 11) is 0. The molecule has 1 aliphatic rings. The van der Waals surface area contributed by atoms with Gasteiger partial charge >= 0.3 is 17.3 Å². The molecule has 0 spiro atoms. The number of benzene rings is 2. The van der Waals surface area contributed by atoms with Gasteiger partial charge in [0.05, 0.1) is 38.1 Å².